The number of nitrogens with one attached hydrogen (secondary N) is 2. The van der Waals surface area contributed by atoms with Crippen molar-refractivity contribution in [2.75, 3.05) is 30.9 Å². The van der Waals surface area contributed by atoms with Gasteiger partial charge >= 0.3 is 0 Å². The molecule has 2 N–H and O–H groups in total. The number of benzene rings is 2. The molecule has 1 aliphatic rings. The van der Waals surface area contributed by atoms with E-state index in [-0.39, 0.29) is 0 Å². The zero-order chi connectivity index (χ0) is 22.7. The predicted molar refractivity (Wildman–Crippen MR) is 136 cm³/mol. The number of hydrogen-bond acceptors (Lipinski definition) is 5. The molecule has 1 fully saturated rings. The van der Waals surface area contributed by atoms with Crippen LogP contribution in [0.15, 0.2) is 36.4 Å². The van der Waals surface area contributed by atoms with Gasteiger partial charge in [-0.05, 0) is 62.4 Å². The van der Waals surface area contributed by atoms with Gasteiger partial charge in [-0.1, -0.05) is 46.9 Å². The Labute approximate surface area is 204 Å². The molecular formula is C24H28Cl3N5. The van der Waals surface area contributed by atoms with Crippen molar-refractivity contribution >= 4 is 57.5 Å². The molecule has 0 spiro atoms. The first-order chi connectivity index (χ1) is 15.4. The molecule has 0 aliphatic heterocycles. The zero-order valence-corrected chi connectivity index (χ0v) is 20.6. The monoisotopic (exact) mass is 491 g/mol. The summed E-state index contributed by atoms with van der Waals surface area (Å²) in [5.74, 6) is 2.28. The molecule has 170 valence electrons. The Kier molecular flexibility index (Phi) is 7.62. The Bertz CT molecular complexity index is 1060. The van der Waals surface area contributed by atoms with E-state index in [0.29, 0.717) is 39.5 Å². The van der Waals surface area contributed by atoms with Crippen molar-refractivity contribution in [3.63, 3.8) is 0 Å². The van der Waals surface area contributed by atoms with E-state index in [1.807, 2.05) is 37.2 Å². The highest BCUT2D eigenvalue weighted by Crippen LogP contribution is 2.30. The molecule has 0 bridgehead atoms. The summed E-state index contributed by atoms with van der Waals surface area (Å²) in [6, 6.07) is 12.0. The first kappa shape index (κ1) is 23.4. The Morgan fingerprint density at radius 3 is 2.34 bits per heavy atom. The first-order valence-corrected chi connectivity index (χ1v) is 12.1. The summed E-state index contributed by atoms with van der Waals surface area (Å²) < 4.78 is 0. The van der Waals surface area contributed by atoms with E-state index < -0.39 is 0 Å². The molecule has 1 heterocycles. The second-order valence-electron chi connectivity index (χ2n) is 8.62. The molecule has 0 amide bonds. The second kappa shape index (κ2) is 10.4. The SMILES string of the molecule is CN(C)c1nc(N[C@H]2CC[C@@H](CNCc3c(Cl)cc(Cl)cc3Cl)CC2)nc2ccccc12. The third kappa shape index (κ3) is 5.57. The molecule has 5 nitrogen and oxygen atoms in total. The lowest BCUT2D eigenvalue weighted by Crippen LogP contribution is -2.31. The van der Waals surface area contributed by atoms with Crippen LogP contribution in [-0.2, 0) is 6.54 Å². The van der Waals surface area contributed by atoms with Gasteiger partial charge in [0.15, 0.2) is 0 Å². The van der Waals surface area contributed by atoms with Gasteiger partial charge in [-0.2, -0.15) is 4.98 Å². The molecule has 0 saturated heterocycles. The van der Waals surface area contributed by atoms with Crippen LogP contribution in [0, 0.1) is 5.92 Å². The van der Waals surface area contributed by atoms with Crippen molar-refractivity contribution in [2.24, 2.45) is 5.92 Å². The van der Waals surface area contributed by atoms with E-state index >= 15 is 0 Å². The molecule has 32 heavy (non-hydrogen) atoms. The number of aromatic nitrogens is 2. The van der Waals surface area contributed by atoms with Gasteiger partial charge in [0.05, 0.1) is 5.52 Å². The highest BCUT2D eigenvalue weighted by Gasteiger charge is 2.22. The van der Waals surface area contributed by atoms with Crippen LogP contribution in [0.25, 0.3) is 10.9 Å². The molecule has 1 aliphatic carbocycles. The molecule has 8 heteroatoms. The third-order valence-corrected chi connectivity index (χ3v) is 6.92. The number of anilines is 2. The fourth-order valence-electron chi connectivity index (χ4n) is 4.30. The lowest BCUT2D eigenvalue weighted by Gasteiger charge is -2.29. The molecule has 3 aromatic rings. The van der Waals surface area contributed by atoms with Crippen LogP contribution in [0.3, 0.4) is 0 Å². The normalized spacial score (nSPS) is 18.7. The van der Waals surface area contributed by atoms with Crippen molar-refractivity contribution in [1.82, 2.24) is 15.3 Å². The first-order valence-electron chi connectivity index (χ1n) is 11.0. The van der Waals surface area contributed by atoms with Crippen LogP contribution >= 0.6 is 34.8 Å². The quantitative estimate of drug-likeness (QED) is 0.399. The number of fused-ring (bicyclic) bond motifs is 1. The largest absolute Gasteiger partial charge is 0.362 e. The summed E-state index contributed by atoms with van der Waals surface area (Å²) in [6.45, 7) is 1.59. The fourth-order valence-corrected chi connectivity index (χ4v) is 5.25. The van der Waals surface area contributed by atoms with E-state index in [9.17, 15) is 0 Å². The van der Waals surface area contributed by atoms with Crippen molar-refractivity contribution in [3.8, 4) is 0 Å². The van der Waals surface area contributed by atoms with Crippen LogP contribution < -0.4 is 15.5 Å². The van der Waals surface area contributed by atoms with Gasteiger partial charge in [0.1, 0.15) is 5.82 Å². The van der Waals surface area contributed by atoms with Crippen LogP contribution in [0.2, 0.25) is 15.1 Å². The van der Waals surface area contributed by atoms with Gasteiger partial charge in [-0.25, -0.2) is 4.98 Å². The van der Waals surface area contributed by atoms with Crippen LogP contribution in [-0.4, -0.2) is 36.6 Å². The fraction of sp³-hybridized carbons (Fsp3) is 0.417. The second-order valence-corrected chi connectivity index (χ2v) is 9.87. The van der Waals surface area contributed by atoms with Crippen molar-refractivity contribution in [3.05, 3.63) is 57.0 Å². The molecule has 1 aromatic heterocycles. The van der Waals surface area contributed by atoms with Crippen LogP contribution in [0.5, 0.6) is 0 Å². The Morgan fingerprint density at radius 2 is 1.66 bits per heavy atom. The van der Waals surface area contributed by atoms with Gasteiger partial charge in [-0.3, -0.25) is 0 Å². The summed E-state index contributed by atoms with van der Waals surface area (Å²) in [5, 5.41) is 9.93. The molecule has 0 unspecified atom stereocenters. The molecule has 0 atom stereocenters. The summed E-state index contributed by atoms with van der Waals surface area (Å²) in [4.78, 5) is 11.6. The van der Waals surface area contributed by atoms with Gasteiger partial charge in [0, 0.05) is 52.7 Å². The number of halogens is 3. The van der Waals surface area contributed by atoms with Crippen molar-refractivity contribution in [1.29, 1.82) is 0 Å². The van der Waals surface area contributed by atoms with Gasteiger partial charge in [0.25, 0.3) is 0 Å². The summed E-state index contributed by atoms with van der Waals surface area (Å²) in [7, 11) is 4.03. The van der Waals surface area contributed by atoms with E-state index in [4.69, 9.17) is 44.8 Å². The van der Waals surface area contributed by atoms with E-state index in [2.05, 4.69) is 16.7 Å². The molecule has 4 rings (SSSR count). The lowest BCUT2D eigenvalue weighted by molar-refractivity contribution is 0.324. The van der Waals surface area contributed by atoms with Gasteiger partial charge < -0.3 is 15.5 Å². The smallest absolute Gasteiger partial charge is 0.225 e. The topological polar surface area (TPSA) is 53.1 Å². The summed E-state index contributed by atoms with van der Waals surface area (Å²) in [5.41, 5.74) is 1.87. The van der Waals surface area contributed by atoms with Crippen LogP contribution in [0.4, 0.5) is 11.8 Å². The Balaban J connectivity index is 1.30. The highest BCUT2D eigenvalue weighted by atomic mass is 35.5. The van der Waals surface area contributed by atoms with Gasteiger partial charge in [0.2, 0.25) is 5.95 Å². The van der Waals surface area contributed by atoms with Crippen LogP contribution in [0.1, 0.15) is 31.2 Å². The average Bonchev–Trinajstić information content (AvgIpc) is 2.76. The summed E-state index contributed by atoms with van der Waals surface area (Å²) >= 11 is 18.6. The maximum atomic E-state index is 6.29. The minimum Gasteiger partial charge on any atom is -0.362 e. The molecular weight excluding hydrogens is 465 g/mol. The minimum atomic E-state index is 0.391. The Morgan fingerprint density at radius 1 is 0.969 bits per heavy atom. The molecule has 1 saturated carbocycles. The van der Waals surface area contributed by atoms with Crippen molar-refractivity contribution < 1.29 is 0 Å². The number of nitrogens with zero attached hydrogens (tertiary/aromatic N) is 3. The predicted octanol–water partition coefficient (Wildman–Crippen LogP) is 6.42. The lowest BCUT2D eigenvalue weighted by atomic mass is 9.86. The van der Waals surface area contributed by atoms with Gasteiger partial charge in [-0.15, -0.1) is 0 Å². The molecule has 2 aromatic carbocycles. The maximum Gasteiger partial charge on any atom is 0.225 e. The Hall–Kier alpha value is -1.79. The number of para-hydroxylation sites is 1. The highest BCUT2D eigenvalue weighted by molar-refractivity contribution is 6.39. The third-order valence-electron chi connectivity index (χ3n) is 6.03. The molecule has 0 radical (unpaired) electrons. The average molecular weight is 493 g/mol. The number of rotatable bonds is 7. The van der Waals surface area contributed by atoms with E-state index in [1.54, 1.807) is 12.1 Å². The minimum absolute atomic E-state index is 0.391. The van der Waals surface area contributed by atoms with Crippen molar-refractivity contribution in [2.45, 2.75) is 38.3 Å². The zero-order valence-electron chi connectivity index (χ0n) is 18.3. The number of hydrogen-bond donors (Lipinski definition) is 2. The standard InChI is InChI=1S/C24H28Cl3N5/c1-32(2)23-18-5-3-4-6-22(18)30-24(31-23)29-17-9-7-15(8-10-17)13-28-14-19-20(26)11-16(25)12-21(19)27/h3-6,11-12,15,17,28H,7-10,13-14H2,1-2H3,(H,29,30,31)/t15-,17+. The maximum absolute atomic E-state index is 6.29. The summed E-state index contributed by atoms with van der Waals surface area (Å²) in [6.07, 6.45) is 4.51. The van der Waals surface area contributed by atoms with E-state index in [0.717, 1.165) is 54.5 Å². The van der Waals surface area contributed by atoms with E-state index in [1.165, 1.54) is 0 Å².